The topological polar surface area (TPSA) is 60.4 Å². The Labute approximate surface area is 114 Å². The lowest BCUT2D eigenvalue weighted by Crippen LogP contribution is -2.19. The zero-order chi connectivity index (χ0) is 14.3. The van der Waals surface area contributed by atoms with Gasteiger partial charge in [-0.05, 0) is 25.5 Å². The Morgan fingerprint density at radius 2 is 1.89 bits per heavy atom. The molecule has 0 aromatic heterocycles. The number of ether oxygens (including phenoxy) is 1. The molecule has 0 heterocycles. The summed E-state index contributed by atoms with van der Waals surface area (Å²) in [6.45, 7) is 3.61. The fraction of sp³-hybridized carbons (Fsp3) is 0.500. The number of carbonyl (C=O) groups is 1. The summed E-state index contributed by atoms with van der Waals surface area (Å²) in [7, 11) is -3.26. The summed E-state index contributed by atoms with van der Waals surface area (Å²) in [6, 6.07) is 8.35. The van der Waals surface area contributed by atoms with Crippen LogP contribution >= 0.6 is 0 Å². The molecule has 0 aliphatic rings. The van der Waals surface area contributed by atoms with Gasteiger partial charge in [0.2, 0.25) is 0 Å². The van der Waals surface area contributed by atoms with Crippen LogP contribution in [-0.4, -0.2) is 32.7 Å². The average molecular weight is 284 g/mol. The molecule has 5 heteroatoms. The van der Waals surface area contributed by atoms with Crippen LogP contribution < -0.4 is 0 Å². The lowest BCUT2D eigenvalue weighted by Gasteiger charge is -2.12. The molecule has 0 radical (unpaired) electrons. The third kappa shape index (κ3) is 5.53. The molecule has 1 rings (SSSR count). The molecule has 1 atom stereocenters. The molecule has 4 nitrogen and oxygen atoms in total. The maximum absolute atomic E-state index is 12.0. The van der Waals surface area contributed by atoms with E-state index in [0.717, 1.165) is 0 Å². The SMILES string of the molecule is CCC(=O)COC(C)CCS(=O)(=O)c1ccccc1. The van der Waals surface area contributed by atoms with Crippen molar-refractivity contribution in [1.82, 2.24) is 0 Å². The summed E-state index contributed by atoms with van der Waals surface area (Å²) in [6.07, 6.45) is 0.581. The zero-order valence-electron chi connectivity index (χ0n) is 11.3. The van der Waals surface area contributed by atoms with Gasteiger partial charge in [-0.15, -0.1) is 0 Å². The van der Waals surface area contributed by atoms with Gasteiger partial charge in [0, 0.05) is 6.42 Å². The Bertz CT molecular complexity index is 493. The summed E-state index contributed by atoms with van der Waals surface area (Å²) in [5.74, 6) is 0.0520. The number of rotatable bonds is 8. The Hall–Kier alpha value is -1.20. The van der Waals surface area contributed by atoms with Crippen LogP contribution in [0.1, 0.15) is 26.7 Å². The van der Waals surface area contributed by atoms with E-state index < -0.39 is 9.84 Å². The van der Waals surface area contributed by atoms with Gasteiger partial charge >= 0.3 is 0 Å². The van der Waals surface area contributed by atoms with Crippen molar-refractivity contribution in [2.75, 3.05) is 12.4 Å². The zero-order valence-corrected chi connectivity index (χ0v) is 12.2. The largest absolute Gasteiger partial charge is 0.371 e. The molecule has 1 aromatic carbocycles. The van der Waals surface area contributed by atoms with Crippen molar-refractivity contribution in [2.45, 2.75) is 37.7 Å². The minimum absolute atomic E-state index is 0.0257. The highest BCUT2D eigenvalue weighted by Crippen LogP contribution is 2.12. The summed E-state index contributed by atoms with van der Waals surface area (Å²) < 4.78 is 29.3. The molecule has 0 saturated carbocycles. The molecule has 0 aliphatic heterocycles. The van der Waals surface area contributed by atoms with E-state index in [1.807, 2.05) is 0 Å². The molecular formula is C14H20O4S. The quantitative estimate of drug-likeness (QED) is 0.734. The summed E-state index contributed by atoms with van der Waals surface area (Å²) in [5, 5.41) is 0. The van der Waals surface area contributed by atoms with Crippen LogP contribution in [-0.2, 0) is 19.4 Å². The van der Waals surface area contributed by atoms with Crippen LogP contribution in [0.4, 0.5) is 0 Å². The van der Waals surface area contributed by atoms with Crippen molar-refractivity contribution in [3.63, 3.8) is 0 Å². The van der Waals surface area contributed by atoms with E-state index in [1.165, 1.54) is 0 Å². The Kier molecular flexibility index (Phi) is 6.18. The first kappa shape index (κ1) is 15.9. The van der Waals surface area contributed by atoms with Crippen molar-refractivity contribution in [3.8, 4) is 0 Å². The summed E-state index contributed by atoms with van der Waals surface area (Å²) in [5.41, 5.74) is 0. The van der Waals surface area contributed by atoms with Gasteiger partial charge < -0.3 is 4.74 Å². The standard InChI is InChI=1S/C14H20O4S/c1-3-13(15)11-18-12(2)9-10-19(16,17)14-7-5-4-6-8-14/h4-8,12H,3,9-11H2,1-2H3. The van der Waals surface area contributed by atoms with Crippen molar-refractivity contribution in [3.05, 3.63) is 30.3 Å². The minimum atomic E-state index is -3.26. The second-order valence-corrected chi connectivity index (χ2v) is 6.54. The molecule has 1 aromatic rings. The molecule has 0 spiro atoms. The Morgan fingerprint density at radius 1 is 1.26 bits per heavy atom. The van der Waals surface area contributed by atoms with Gasteiger partial charge in [0.15, 0.2) is 15.6 Å². The van der Waals surface area contributed by atoms with Gasteiger partial charge in [-0.25, -0.2) is 8.42 Å². The molecule has 0 amide bonds. The normalized spacial score (nSPS) is 13.2. The fourth-order valence-electron chi connectivity index (χ4n) is 1.49. The minimum Gasteiger partial charge on any atom is -0.371 e. The Balaban J connectivity index is 2.46. The second-order valence-electron chi connectivity index (χ2n) is 4.43. The molecule has 0 aliphatic carbocycles. The van der Waals surface area contributed by atoms with E-state index in [9.17, 15) is 13.2 Å². The van der Waals surface area contributed by atoms with Crippen LogP contribution in [0.3, 0.4) is 0 Å². The number of ketones is 1. The van der Waals surface area contributed by atoms with Gasteiger partial charge in [0.25, 0.3) is 0 Å². The number of hydrogen-bond donors (Lipinski definition) is 0. The number of Topliss-reactive ketones (excluding diaryl/α,β-unsaturated/α-hetero) is 1. The summed E-state index contributed by atoms with van der Waals surface area (Å²) >= 11 is 0. The molecule has 106 valence electrons. The lowest BCUT2D eigenvalue weighted by atomic mass is 10.3. The van der Waals surface area contributed by atoms with Gasteiger partial charge in [-0.3, -0.25) is 4.79 Å². The predicted molar refractivity (Wildman–Crippen MR) is 73.8 cm³/mol. The molecule has 0 saturated heterocycles. The number of carbonyl (C=O) groups excluding carboxylic acids is 1. The van der Waals surface area contributed by atoms with E-state index in [2.05, 4.69) is 0 Å². The van der Waals surface area contributed by atoms with Crippen LogP contribution in [0.15, 0.2) is 35.2 Å². The molecular weight excluding hydrogens is 264 g/mol. The van der Waals surface area contributed by atoms with Gasteiger partial charge in [0.05, 0.1) is 16.8 Å². The average Bonchev–Trinajstić information content (AvgIpc) is 2.43. The van der Waals surface area contributed by atoms with E-state index >= 15 is 0 Å². The molecule has 0 bridgehead atoms. The predicted octanol–water partition coefficient (Wildman–Crippen LogP) is 2.23. The third-order valence-electron chi connectivity index (χ3n) is 2.82. The maximum atomic E-state index is 12.0. The fourth-order valence-corrected chi connectivity index (χ4v) is 2.94. The molecule has 1 unspecified atom stereocenters. The smallest absolute Gasteiger partial charge is 0.178 e. The van der Waals surface area contributed by atoms with E-state index in [-0.39, 0.29) is 24.2 Å². The van der Waals surface area contributed by atoms with Gasteiger partial charge in [-0.2, -0.15) is 0 Å². The molecule has 0 N–H and O–H groups in total. The highest BCUT2D eigenvalue weighted by atomic mass is 32.2. The van der Waals surface area contributed by atoms with Crippen molar-refractivity contribution in [2.24, 2.45) is 0 Å². The number of benzene rings is 1. The third-order valence-corrected chi connectivity index (χ3v) is 4.58. The highest BCUT2D eigenvalue weighted by molar-refractivity contribution is 7.91. The Morgan fingerprint density at radius 3 is 2.47 bits per heavy atom. The first-order valence-electron chi connectivity index (χ1n) is 6.37. The van der Waals surface area contributed by atoms with Crippen LogP contribution in [0, 0.1) is 0 Å². The number of sulfone groups is 1. The second kappa shape index (κ2) is 7.40. The first-order chi connectivity index (χ1) is 8.95. The van der Waals surface area contributed by atoms with E-state index in [4.69, 9.17) is 4.74 Å². The highest BCUT2D eigenvalue weighted by Gasteiger charge is 2.16. The van der Waals surface area contributed by atoms with E-state index in [0.29, 0.717) is 17.7 Å². The van der Waals surface area contributed by atoms with Crippen molar-refractivity contribution < 1.29 is 17.9 Å². The molecule has 19 heavy (non-hydrogen) atoms. The lowest BCUT2D eigenvalue weighted by molar-refractivity contribution is -0.124. The van der Waals surface area contributed by atoms with Crippen LogP contribution in [0.5, 0.6) is 0 Å². The summed E-state index contributed by atoms with van der Waals surface area (Å²) in [4.78, 5) is 11.4. The van der Waals surface area contributed by atoms with Crippen molar-refractivity contribution >= 4 is 15.6 Å². The van der Waals surface area contributed by atoms with Gasteiger partial charge in [-0.1, -0.05) is 25.1 Å². The van der Waals surface area contributed by atoms with E-state index in [1.54, 1.807) is 44.2 Å². The number of hydrogen-bond acceptors (Lipinski definition) is 4. The van der Waals surface area contributed by atoms with Crippen LogP contribution in [0.2, 0.25) is 0 Å². The first-order valence-corrected chi connectivity index (χ1v) is 8.02. The van der Waals surface area contributed by atoms with Gasteiger partial charge in [0.1, 0.15) is 6.61 Å². The molecule has 0 fully saturated rings. The van der Waals surface area contributed by atoms with Crippen molar-refractivity contribution in [1.29, 1.82) is 0 Å². The monoisotopic (exact) mass is 284 g/mol. The van der Waals surface area contributed by atoms with Crippen LogP contribution in [0.25, 0.3) is 0 Å². The maximum Gasteiger partial charge on any atom is 0.178 e.